The van der Waals surface area contributed by atoms with Crippen molar-refractivity contribution in [3.05, 3.63) is 10.1 Å². The minimum absolute atomic E-state index is 0.00255. The second kappa shape index (κ2) is 5.01. The molecule has 4 atom stereocenters. The summed E-state index contributed by atoms with van der Waals surface area (Å²) in [5, 5.41) is 29.0. The van der Waals surface area contributed by atoms with Crippen molar-refractivity contribution < 1.29 is 19.9 Å². The summed E-state index contributed by atoms with van der Waals surface area (Å²) in [5.41, 5.74) is 5.01. The molecule has 0 bridgehead atoms. The van der Waals surface area contributed by atoms with Gasteiger partial charge in [-0.15, -0.1) is 0 Å². The van der Waals surface area contributed by atoms with Gasteiger partial charge < -0.3 is 20.7 Å². The fraction of sp³-hybridized carbons (Fsp3) is 0.857. The molecule has 1 rings (SSSR count). The molecular weight excluding hydrogens is 206 g/mol. The first kappa shape index (κ1) is 11.8. The van der Waals surface area contributed by atoms with Crippen LogP contribution in [-0.4, -0.2) is 52.6 Å². The summed E-state index contributed by atoms with van der Waals surface area (Å²) in [6, 6.07) is -1.23. The largest absolute Gasteiger partial charge is 0.390 e. The Morgan fingerprint density at radius 1 is 1.67 bits per heavy atom. The van der Waals surface area contributed by atoms with E-state index in [0.717, 1.165) is 6.34 Å². The Labute approximate surface area is 85.5 Å². The van der Waals surface area contributed by atoms with E-state index in [-0.39, 0.29) is 13.0 Å². The van der Waals surface area contributed by atoms with Crippen LogP contribution >= 0.6 is 0 Å². The van der Waals surface area contributed by atoms with Gasteiger partial charge in [-0.25, -0.2) is 0 Å². The Bertz CT molecular complexity index is 259. The Kier molecular flexibility index (Phi) is 3.95. The highest BCUT2D eigenvalue weighted by atomic mass is 16.6. The number of hydrogen-bond donors (Lipinski definition) is 3. The summed E-state index contributed by atoms with van der Waals surface area (Å²) in [6.45, 7) is 0.130. The highest BCUT2D eigenvalue weighted by Crippen LogP contribution is 2.21. The van der Waals surface area contributed by atoms with Gasteiger partial charge in [-0.3, -0.25) is 15.1 Å². The lowest BCUT2D eigenvalue weighted by atomic mass is 10.0. The van der Waals surface area contributed by atoms with Crippen molar-refractivity contribution in [2.45, 2.75) is 31.0 Å². The van der Waals surface area contributed by atoms with Crippen LogP contribution in [0.1, 0.15) is 6.42 Å². The summed E-state index contributed by atoms with van der Waals surface area (Å²) in [6.07, 6.45) is -2.59. The van der Waals surface area contributed by atoms with E-state index in [1.54, 1.807) is 0 Å². The Balaban J connectivity index is 2.62. The highest BCUT2D eigenvalue weighted by molar-refractivity contribution is 5.51. The number of nitro groups is 1. The highest BCUT2D eigenvalue weighted by Gasteiger charge is 2.43. The van der Waals surface area contributed by atoms with Crippen LogP contribution in [0.25, 0.3) is 0 Å². The van der Waals surface area contributed by atoms with Gasteiger partial charge in [0.2, 0.25) is 6.04 Å². The summed E-state index contributed by atoms with van der Waals surface area (Å²) in [4.78, 5) is 13.6. The van der Waals surface area contributed by atoms with Crippen LogP contribution in [0.2, 0.25) is 0 Å². The normalized spacial score (nSPS) is 36.9. The lowest BCUT2D eigenvalue weighted by Crippen LogP contribution is -2.52. The van der Waals surface area contributed by atoms with Crippen molar-refractivity contribution in [3.63, 3.8) is 0 Å². The molecule has 0 saturated carbocycles. The number of aliphatic hydroxyl groups excluding tert-OH is 2. The maximum Gasteiger partial charge on any atom is 0.246 e. The molecule has 1 heterocycles. The molecule has 4 N–H and O–H groups in total. The van der Waals surface area contributed by atoms with Gasteiger partial charge in [0.15, 0.2) is 12.4 Å². The molecule has 0 amide bonds. The maximum absolute atomic E-state index is 10.5. The van der Waals surface area contributed by atoms with E-state index in [4.69, 9.17) is 10.5 Å². The lowest BCUT2D eigenvalue weighted by Gasteiger charge is -2.31. The predicted octanol–water partition coefficient (Wildman–Crippen LogP) is -1.91. The van der Waals surface area contributed by atoms with Crippen LogP contribution in [0.4, 0.5) is 0 Å². The minimum atomic E-state index is -1.55. The molecule has 2 unspecified atom stereocenters. The molecule has 86 valence electrons. The molecule has 15 heavy (non-hydrogen) atoms. The second-order valence-electron chi connectivity index (χ2n) is 3.24. The van der Waals surface area contributed by atoms with Crippen molar-refractivity contribution in [1.82, 2.24) is 0 Å². The molecule has 1 saturated heterocycles. The molecule has 1 fully saturated rings. The Morgan fingerprint density at radius 2 is 2.33 bits per heavy atom. The second-order valence-corrected chi connectivity index (χ2v) is 3.24. The van der Waals surface area contributed by atoms with E-state index in [0.29, 0.717) is 0 Å². The summed E-state index contributed by atoms with van der Waals surface area (Å²) < 4.78 is 4.91. The maximum atomic E-state index is 10.5. The molecule has 1 aliphatic rings. The molecule has 0 radical (unpaired) electrons. The van der Waals surface area contributed by atoms with Crippen molar-refractivity contribution in [2.24, 2.45) is 10.7 Å². The van der Waals surface area contributed by atoms with E-state index in [1.807, 2.05) is 0 Å². The van der Waals surface area contributed by atoms with Crippen LogP contribution in [0, 0.1) is 10.1 Å². The number of nitrogens with two attached hydrogens (primary N) is 1. The minimum Gasteiger partial charge on any atom is -0.390 e. The molecule has 0 aliphatic carbocycles. The van der Waals surface area contributed by atoms with Gasteiger partial charge in [-0.05, 0) is 0 Å². The fourth-order valence-electron chi connectivity index (χ4n) is 1.44. The van der Waals surface area contributed by atoms with Crippen molar-refractivity contribution in [2.75, 3.05) is 6.54 Å². The molecule has 1 aliphatic heterocycles. The molecule has 0 aromatic rings. The number of aliphatic imine (C=N–C) groups is 1. The Morgan fingerprint density at radius 3 is 2.87 bits per heavy atom. The first-order valence-electron chi connectivity index (χ1n) is 4.41. The number of ether oxygens (including phenoxy) is 1. The van der Waals surface area contributed by atoms with E-state index >= 15 is 0 Å². The molecule has 0 aromatic carbocycles. The number of hydrogen-bond acceptors (Lipinski definition) is 6. The van der Waals surface area contributed by atoms with Crippen molar-refractivity contribution in [1.29, 1.82) is 0 Å². The van der Waals surface area contributed by atoms with Gasteiger partial charge in [0.25, 0.3) is 0 Å². The summed E-state index contributed by atoms with van der Waals surface area (Å²) in [7, 11) is 0. The number of aliphatic hydroxyl groups is 2. The third kappa shape index (κ3) is 2.85. The van der Waals surface area contributed by atoms with E-state index in [2.05, 4.69) is 4.99 Å². The zero-order valence-corrected chi connectivity index (χ0v) is 7.89. The van der Waals surface area contributed by atoms with Crippen LogP contribution < -0.4 is 5.73 Å². The van der Waals surface area contributed by atoms with Gasteiger partial charge in [-0.2, -0.15) is 0 Å². The van der Waals surface area contributed by atoms with E-state index < -0.39 is 29.5 Å². The first-order valence-corrected chi connectivity index (χ1v) is 4.41. The third-order valence-electron chi connectivity index (χ3n) is 2.21. The van der Waals surface area contributed by atoms with Crippen LogP contribution in [0.15, 0.2) is 4.99 Å². The van der Waals surface area contributed by atoms with Gasteiger partial charge >= 0.3 is 0 Å². The smallest absolute Gasteiger partial charge is 0.246 e. The molecule has 0 aromatic heterocycles. The fourth-order valence-corrected chi connectivity index (χ4v) is 1.44. The van der Waals surface area contributed by atoms with Crippen LogP contribution in [0.3, 0.4) is 0 Å². The summed E-state index contributed by atoms with van der Waals surface area (Å²) in [5.74, 6) is 0. The van der Waals surface area contributed by atoms with Crippen LogP contribution in [0.5, 0.6) is 0 Å². The van der Waals surface area contributed by atoms with Crippen LogP contribution in [-0.2, 0) is 4.74 Å². The average molecular weight is 219 g/mol. The zero-order valence-electron chi connectivity index (χ0n) is 7.89. The third-order valence-corrected chi connectivity index (χ3v) is 2.21. The predicted molar refractivity (Wildman–Crippen MR) is 49.8 cm³/mol. The van der Waals surface area contributed by atoms with E-state index in [1.165, 1.54) is 0 Å². The SMILES string of the molecule is NC=NCC1CC([N+](=O)[O-])[C@H](O)[C@H](O)O1. The average Bonchev–Trinajstić information content (AvgIpc) is 2.19. The van der Waals surface area contributed by atoms with Gasteiger partial charge in [0.05, 0.1) is 19.0 Å². The summed E-state index contributed by atoms with van der Waals surface area (Å²) >= 11 is 0. The first-order chi connectivity index (χ1) is 7.06. The Hall–Kier alpha value is -1.25. The zero-order chi connectivity index (χ0) is 11.4. The standard InChI is InChI=1S/C7H13N3O5/c8-3-9-2-4-1-5(10(13)14)6(11)7(12)15-4/h3-7,11-12H,1-2H2,(H2,8,9)/t4?,5?,6-,7+/m0/s1. The van der Waals surface area contributed by atoms with Gasteiger partial charge in [-0.1, -0.05) is 0 Å². The molecule has 8 heteroatoms. The molecule has 0 spiro atoms. The van der Waals surface area contributed by atoms with Gasteiger partial charge in [0, 0.05) is 11.3 Å². The monoisotopic (exact) mass is 219 g/mol. The number of nitrogens with zero attached hydrogens (tertiary/aromatic N) is 2. The topological polar surface area (TPSA) is 131 Å². The van der Waals surface area contributed by atoms with Crippen molar-refractivity contribution in [3.8, 4) is 0 Å². The van der Waals surface area contributed by atoms with Gasteiger partial charge in [0.1, 0.15) is 0 Å². The quantitative estimate of drug-likeness (QED) is 0.219. The number of rotatable bonds is 3. The lowest BCUT2D eigenvalue weighted by molar-refractivity contribution is -0.550. The molecular formula is C7H13N3O5. The van der Waals surface area contributed by atoms with Crippen molar-refractivity contribution >= 4 is 6.34 Å². The van der Waals surface area contributed by atoms with E-state index in [9.17, 15) is 20.3 Å². The molecule has 8 nitrogen and oxygen atoms in total.